The van der Waals surface area contributed by atoms with E-state index in [9.17, 15) is 19.8 Å². The van der Waals surface area contributed by atoms with Crippen molar-refractivity contribution in [2.24, 2.45) is 23.2 Å². The molecule has 3 aliphatic carbocycles. The minimum Gasteiger partial charge on any atom is -0.386 e. The van der Waals surface area contributed by atoms with E-state index in [0.29, 0.717) is 24.7 Å². The third-order valence-electron chi connectivity index (χ3n) is 7.43. The molecule has 1 unspecified atom stereocenters. The molecule has 1 aliphatic heterocycles. The molecular formula is C20H28O5. The number of aliphatic hydroxyl groups is 2. The van der Waals surface area contributed by atoms with Gasteiger partial charge in [-0.25, -0.2) is 0 Å². The lowest BCUT2D eigenvalue weighted by Crippen LogP contribution is -2.48. The lowest BCUT2D eigenvalue weighted by molar-refractivity contribution is -0.141. The molecule has 0 aromatic heterocycles. The summed E-state index contributed by atoms with van der Waals surface area (Å²) in [7, 11) is 0. The molecule has 0 radical (unpaired) electrons. The maximum Gasteiger partial charge on any atom is 0.196 e. The van der Waals surface area contributed by atoms with Gasteiger partial charge in [-0.1, -0.05) is 20.8 Å². The van der Waals surface area contributed by atoms with Gasteiger partial charge in [0.2, 0.25) is 0 Å². The average Bonchev–Trinajstić information content (AvgIpc) is 3.32. The zero-order chi connectivity index (χ0) is 18.6. The van der Waals surface area contributed by atoms with Gasteiger partial charge in [-0.2, -0.15) is 0 Å². The molecule has 138 valence electrons. The Balaban J connectivity index is 1.79. The molecule has 5 nitrogen and oxygen atoms in total. The summed E-state index contributed by atoms with van der Waals surface area (Å²) in [5.41, 5.74) is -4.12. The van der Waals surface area contributed by atoms with Crippen molar-refractivity contribution in [3.05, 3.63) is 11.6 Å². The molecule has 4 rings (SSSR count). The Morgan fingerprint density at radius 1 is 1.12 bits per heavy atom. The van der Waals surface area contributed by atoms with Gasteiger partial charge in [-0.3, -0.25) is 9.59 Å². The highest BCUT2D eigenvalue weighted by Gasteiger charge is 2.79. The number of ketones is 2. The normalized spacial score (nSPS) is 56.0. The first kappa shape index (κ1) is 17.4. The lowest BCUT2D eigenvalue weighted by atomic mass is 9.80. The first-order chi connectivity index (χ1) is 11.4. The van der Waals surface area contributed by atoms with E-state index >= 15 is 0 Å². The van der Waals surface area contributed by atoms with E-state index < -0.39 is 22.9 Å². The van der Waals surface area contributed by atoms with Crippen LogP contribution in [0.2, 0.25) is 0 Å². The van der Waals surface area contributed by atoms with Gasteiger partial charge in [-0.05, 0) is 56.4 Å². The summed E-state index contributed by atoms with van der Waals surface area (Å²) in [5, 5.41) is 22.1. The zero-order valence-corrected chi connectivity index (χ0v) is 15.6. The minimum absolute atomic E-state index is 0.0305. The van der Waals surface area contributed by atoms with Crippen molar-refractivity contribution in [3.8, 4) is 0 Å². The largest absolute Gasteiger partial charge is 0.386 e. The van der Waals surface area contributed by atoms with Crippen LogP contribution < -0.4 is 0 Å². The molecular weight excluding hydrogens is 320 g/mol. The number of ether oxygens (including phenoxy) is 1. The Kier molecular flexibility index (Phi) is 3.21. The van der Waals surface area contributed by atoms with Gasteiger partial charge in [0, 0.05) is 11.5 Å². The predicted octanol–water partition coefficient (Wildman–Crippen LogP) is 1.80. The van der Waals surface area contributed by atoms with Crippen molar-refractivity contribution in [2.45, 2.75) is 76.8 Å². The molecule has 5 heteroatoms. The van der Waals surface area contributed by atoms with Crippen LogP contribution in [0.4, 0.5) is 0 Å². The number of Topliss-reactive ketones (excluding diaryl/α,β-unsaturated/α-hetero) is 2. The number of hydrogen-bond donors (Lipinski definition) is 2. The SMILES string of the molecule is C[C@@H]1C[C@@H]2[C@H](CC[C@](C)(O)/C=C3/C(=O)[C@@]4(C)O[C@H]4C3(O)C1=O)C2(C)C. The van der Waals surface area contributed by atoms with Gasteiger partial charge in [0.05, 0.1) is 5.60 Å². The van der Waals surface area contributed by atoms with Crippen molar-refractivity contribution in [2.75, 3.05) is 0 Å². The summed E-state index contributed by atoms with van der Waals surface area (Å²) in [4.78, 5) is 25.9. The van der Waals surface area contributed by atoms with E-state index in [4.69, 9.17) is 4.74 Å². The lowest BCUT2D eigenvalue weighted by Gasteiger charge is -2.29. The number of rotatable bonds is 0. The van der Waals surface area contributed by atoms with Gasteiger partial charge in [-0.15, -0.1) is 0 Å². The molecule has 1 saturated heterocycles. The average molecular weight is 348 g/mol. The zero-order valence-electron chi connectivity index (χ0n) is 15.6. The molecule has 0 spiro atoms. The van der Waals surface area contributed by atoms with Crippen LogP contribution in [0.15, 0.2) is 11.6 Å². The summed E-state index contributed by atoms with van der Waals surface area (Å²) >= 11 is 0. The Morgan fingerprint density at radius 2 is 1.76 bits per heavy atom. The van der Waals surface area contributed by atoms with Crippen molar-refractivity contribution in [3.63, 3.8) is 0 Å². The third kappa shape index (κ3) is 2.12. The van der Waals surface area contributed by atoms with Crippen molar-refractivity contribution in [1.82, 2.24) is 0 Å². The molecule has 0 aromatic carbocycles. The Labute approximate surface area is 148 Å². The fraction of sp³-hybridized carbons (Fsp3) is 0.800. The van der Waals surface area contributed by atoms with E-state index in [1.54, 1.807) is 13.8 Å². The van der Waals surface area contributed by atoms with E-state index in [-0.39, 0.29) is 28.5 Å². The molecule has 4 aliphatic rings. The molecule has 0 amide bonds. The molecule has 2 N–H and O–H groups in total. The summed E-state index contributed by atoms with van der Waals surface area (Å²) < 4.78 is 5.45. The predicted molar refractivity (Wildman–Crippen MR) is 90.7 cm³/mol. The molecule has 7 atom stereocenters. The van der Waals surface area contributed by atoms with Crippen LogP contribution in [0.3, 0.4) is 0 Å². The molecule has 3 fully saturated rings. The standard InChI is InChI=1S/C20H28O5/c1-10-8-12-11(17(12,2)3)6-7-18(4,23)9-13-15(22)19(5)16(25-19)20(13,24)14(10)21/h9-12,16,23-24H,6-8H2,1-5H3/b13-9-/t10-,11+,12-,16-,18+,19-,20?/m1/s1. The highest BCUT2D eigenvalue weighted by Crippen LogP contribution is 2.64. The molecule has 2 saturated carbocycles. The number of epoxide rings is 1. The topological polar surface area (TPSA) is 87.1 Å². The number of hydrogen-bond acceptors (Lipinski definition) is 5. The first-order valence-electron chi connectivity index (χ1n) is 9.30. The van der Waals surface area contributed by atoms with E-state index in [0.717, 1.165) is 6.42 Å². The van der Waals surface area contributed by atoms with Gasteiger partial charge in [0.15, 0.2) is 22.8 Å². The molecule has 25 heavy (non-hydrogen) atoms. The van der Waals surface area contributed by atoms with Gasteiger partial charge in [0.1, 0.15) is 6.10 Å². The second kappa shape index (κ2) is 4.62. The number of carbonyl (C=O) groups excluding carboxylic acids is 2. The van der Waals surface area contributed by atoms with Crippen LogP contribution >= 0.6 is 0 Å². The number of fused-ring (bicyclic) bond motifs is 4. The summed E-state index contributed by atoms with van der Waals surface area (Å²) in [6.07, 6.45) is 2.66. The van der Waals surface area contributed by atoms with Crippen molar-refractivity contribution in [1.29, 1.82) is 0 Å². The summed E-state index contributed by atoms with van der Waals surface area (Å²) in [5.74, 6) is -0.220. The summed E-state index contributed by atoms with van der Waals surface area (Å²) in [6.45, 7) is 9.51. The van der Waals surface area contributed by atoms with Crippen molar-refractivity contribution >= 4 is 11.6 Å². The first-order valence-corrected chi connectivity index (χ1v) is 9.30. The third-order valence-corrected chi connectivity index (χ3v) is 7.43. The quantitative estimate of drug-likeness (QED) is 0.652. The van der Waals surface area contributed by atoms with Gasteiger partial charge in [0.25, 0.3) is 0 Å². The molecule has 1 heterocycles. The highest BCUT2D eigenvalue weighted by atomic mass is 16.6. The van der Waals surface area contributed by atoms with Crippen LogP contribution in [0.25, 0.3) is 0 Å². The second-order valence-corrected chi connectivity index (χ2v) is 9.69. The Bertz CT molecular complexity index is 705. The Hall–Kier alpha value is -1.04. The molecule has 0 aromatic rings. The Morgan fingerprint density at radius 3 is 2.40 bits per heavy atom. The monoisotopic (exact) mass is 348 g/mol. The van der Waals surface area contributed by atoms with Gasteiger partial charge >= 0.3 is 0 Å². The van der Waals surface area contributed by atoms with Crippen LogP contribution in [0.5, 0.6) is 0 Å². The number of carbonyl (C=O) groups is 2. The van der Waals surface area contributed by atoms with Crippen LogP contribution in [0, 0.1) is 23.2 Å². The fourth-order valence-electron chi connectivity index (χ4n) is 5.48. The minimum atomic E-state index is -1.94. The van der Waals surface area contributed by atoms with E-state index in [2.05, 4.69) is 13.8 Å². The smallest absolute Gasteiger partial charge is 0.196 e. The van der Waals surface area contributed by atoms with Gasteiger partial charge < -0.3 is 14.9 Å². The van der Waals surface area contributed by atoms with E-state index in [1.165, 1.54) is 6.08 Å². The fourth-order valence-corrected chi connectivity index (χ4v) is 5.48. The highest BCUT2D eigenvalue weighted by molar-refractivity contribution is 6.17. The molecule has 0 bridgehead atoms. The van der Waals surface area contributed by atoms with Crippen LogP contribution in [-0.2, 0) is 14.3 Å². The van der Waals surface area contributed by atoms with Crippen molar-refractivity contribution < 1.29 is 24.5 Å². The summed E-state index contributed by atoms with van der Waals surface area (Å²) in [6, 6.07) is 0. The van der Waals surface area contributed by atoms with E-state index in [1.807, 2.05) is 6.92 Å². The van der Waals surface area contributed by atoms with Crippen LogP contribution in [-0.4, -0.2) is 44.7 Å². The maximum absolute atomic E-state index is 13.2. The van der Waals surface area contributed by atoms with Crippen LogP contribution in [0.1, 0.15) is 53.9 Å². The second-order valence-electron chi connectivity index (χ2n) is 9.69. The maximum atomic E-state index is 13.2.